The fourth-order valence-electron chi connectivity index (χ4n) is 2.97. The van der Waals surface area contributed by atoms with E-state index in [1.54, 1.807) is 19.5 Å². The lowest BCUT2D eigenvalue weighted by atomic mass is 10.1. The Kier molecular flexibility index (Phi) is 4.37. The smallest absolute Gasteiger partial charge is 0.231 e. The van der Waals surface area contributed by atoms with Gasteiger partial charge < -0.3 is 9.64 Å². The number of methoxy groups -OCH3 is 1. The van der Waals surface area contributed by atoms with Crippen LogP contribution in [-0.4, -0.2) is 24.5 Å². The quantitative estimate of drug-likeness (QED) is 0.874. The molecule has 0 atom stereocenters. The van der Waals surface area contributed by atoms with Crippen molar-refractivity contribution in [2.45, 2.75) is 25.7 Å². The van der Waals surface area contributed by atoms with Crippen molar-refractivity contribution in [3.05, 3.63) is 53.9 Å². The molecule has 0 saturated heterocycles. The van der Waals surface area contributed by atoms with Gasteiger partial charge in [-0.1, -0.05) is 12.1 Å². The van der Waals surface area contributed by atoms with Crippen LogP contribution in [0.25, 0.3) is 0 Å². The maximum Gasteiger partial charge on any atom is 0.231 e. The Morgan fingerprint density at radius 3 is 2.95 bits per heavy atom. The first-order valence-corrected chi connectivity index (χ1v) is 7.65. The van der Waals surface area contributed by atoms with Gasteiger partial charge in [0.15, 0.2) is 0 Å². The molecule has 0 saturated carbocycles. The Morgan fingerprint density at radius 2 is 2.18 bits per heavy atom. The van der Waals surface area contributed by atoms with Crippen LogP contribution in [-0.2, 0) is 17.6 Å². The molecule has 114 valence electrons. The topological polar surface area (TPSA) is 42.4 Å². The second kappa shape index (κ2) is 6.60. The second-order valence-corrected chi connectivity index (χ2v) is 5.50. The SMILES string of the molecule is COc1cccc2c1CCCCN2C(=O)Cc1cccnc1. The number of hydrogen-bond donors (Lipinski definition) is 0. The number of benzene rings is 1. The molecule has 1 aromatic heterocycles. The zero-order valence-corrected chi connectivity index (χ0v) is 12.8. The maximum atomic E-state index is 12.7. The molecule has 4 nitrogen and oxygen atoms in total. The van der Waals surface area contributed by atoms with E-state index in [9.17, 15) is 4.79 Å². The van der Waals surface area contributed by atoms with Crippen LogP contribution >= 0.6 is 0 Å². The Balaban J connectivity index is 1.90. The first-order valence-electron chi connectivity index (χ1n) is 7.65. The minimum Gasteiger partial charge on any atom is -0.496 e. The Labute approximate surface area is 130 Å². The van der Waals surface area contributed by atoms with Gasteiger partial charge in [0.25, 0.3) is 0 Å². The molecule has 3 rings (SSSR count). The van der Waals surface area contributed by atoms with Gasteiger partial charge in [0.05, 0.1) is 19.2 Å². The van der Waals surface area contributed by atoms with Crippen LogP contribution in [0.3, 0.4) is 0 Å². The maximum absolute atomic E-state index is 12.7. The summed E-state index contributed by atoms with van der Waals surface area (Å²) in [6, 6.07) is 9.74. The van der Waals surface area contributed by atoms with Crippen molar-refractivity contribution >= 4 is 11.6 Å². The lowest BCUT2D eigenvalue weighted by molar-refractivity contribution is -0.118. The molecule has 2 heterocycles. The van der Waals surface area contributed by atoms with Crippen LogP contribution in [0.4, 0.5) is 5.69 Å². The van der Waals surface area contributed by atoms with E-state index in [4.69, 9.17) is 4.74 Å². The lowest BCUT2D eigenvalue weighted by Crippen LogP contribution is -2.33. The van der Waals surface area contributed by atoms with Crippen molar-refractivity contribution < 1.29 is 9.53 Å². The summed E-state index contributed by atoms with van der Waals surface area (Å²) in [6.07, 6.45) is 6.89. The number of carbonyl (C=O) groups excluding carboxylic acids is 1. The third-order valence-corrected chi connectivity index (χ3v) is 4.06. The van der Waals surface area contributed by atoms with E-state index >= 15 is 0 Å². The molecule has 1 aliphatic rings. The van der Waals surface area contributed by atoms with Crippen molar-refractivity contribution in [3.8, 4) is 5.75 Å². The van der Waals surface area contributed by atoms with Crippen LogP contribution in [0.1, 0.15) is 24.0 Å². The van der Waals surface area contributed by atoms with Gasteiger partial charge in [0.1, 0.15) is 5.75 Å². The van der Waals surface area contributed by atoms with Crippen molar-refractivity contribution in [1.29, 1.82) is 0 Å². The van der Waals surface area contributed by atoms with Crippen LogP contribution in [0.15, 0.2) is 42.7 Å². The number of anilines is 1. The van der Waals surface area contributed by atoms with Gasteiger partial charge in [-0.2, -0.15) is 0 Å². The molecule has 0 bridgehead atoms. The molecule has 0 radical (unpaired) electrons. The van der Waals surface area contributed by atoms with Crippen molar-refractivity contribution in [2.24, 2.45) is 0 Å². The summed E-state index contributed by atoms with van der Waals surface area (Å²) >= 11 is 0. The van der Waals surface area contributed by atoms with Gasteiger partial charge in [0.2, 0.25) is 5.91 Å². The number of aromatic nitrogens is 1. The lowest BCUT2D eigenvalue weighted by Gasteiger charge is -2.24. The fourth-order valence-corrected chi connectivity index (χ4v) is 2.97. The fraction of sp³-hybridized carbons (Fsp3) is 0.333. The molecule has 1 aliphatic heterocycles. The summed E-state index contributed by atoms with van der Waals surface area (Å²) < 4.78 is 5.47. The molecule has 0 N–H and O–H groups in total. The van der Waals surface area contributed by atoms with Gasteiger partial charge in [-0.15, -0.1) is 0 Å². The number of rotatable bonds is 3. The number of fused-ring (bicyclic) bond motifs is 1. The number of amides is 1. The molecule has 0 spiro atoms. The number of carbonyl (C=O) groups is 1. The highest BCUT2D eigenvalue weighted by atomic mass is 16.5. The number of hydrogen-bond acceptors (Lipinski definition) is 3. The van der Waals surface area contributed by atoms with Gasteiger partial charge >= 0.3 is 0 Å². The molecule has 1 amide bonds. The summed E-state index contributed by atoms with van der Waals surface area (Å²) in [4.78, 5) is 18.7. The minimum absolute atomic E-state index is 0.115. The summed E-state index contributed by atoms with van der Waals surface area (Å²) in [5.41, 5.74) is 3.08. The monoisotopic (exact) mass is 296 g/mol. The Hall–Kier alpha value is -2.36. The van der Waals surface area contributed by atoms with E-state index in [-0.39, 0.29) is 5.91 Å². The highest BCUT2D eigenvalue weighted by molar-refractivity contribution is 5.96. The first-order chi connectivity index (χ1) is 10.8. The van der Waals surface area contributed by atoms with E-state index in [2.05, 4.69) is 4.98 Å². The zero-order valence-electron chi connectivity index (χ0n) is 12.8. The Bertz CT molecular complexity index is 655. The van der Waals surface area contributed by atoms with E-state index in [1.165, 1.54) is 0 Å². The third-order valence-electron chi connectivity index (χ3n) is 4.06. The van der Waals surface area contributed by atoms with E-state index in [0.29, 0.717) is 6.42 Å². The van der Waals surface area contributed by atoms with E-state index in [0.717, 1.165) is 48.4 Å². The predicted molar refractivity (Wildman–Crippen MR) is 86.2 cm³/mol. The van der Waals surface area contributed by atoms with Crippen molar-refractivity contribution in [1.82, 2.24) is 4.98 Å². The zero-order chi connectivity index (χ0) is 15.4. The Morgan fingerprint density at radius 1 is 1.27 bits per heavy atom. The van der Waals surface area contributed by atoms with Gasteiger partial charge in [-0.05, 0) is 43.0 Å². The second-order valence-electron chi connectivity index (χ2n) is 5.50. The van der Waals surface area contributed by atoms with Crippen LogP contribution in [0.2, 0.25) is 0 Å². The summed E-state index contributed by atoms with van der Waals surface area (Å²) in [6.45, 7) is 0.763. The molecule has 22 heavy (non-hydrogen) atoms. The molecular weight excluding hydrogens is 276 g/mol. The predicted octanol–water partition coefficient (Wildman–Crippen LogP) is 3.00. The first kappa shape index (κ1) is 14.6. The van der Waals surface area contributed by atoms with Crippen LogP contribution in [0.5, 0.6) is 5.75 Å². The average molecular weight is 296 g/mol. The summed E-state index contributed by atoms with van der Waals surface area (Å²) in [7, 11) is 1.68. The average Bonchev–Trinajstić information content (AvgIpc) is 2.78. The molecule has 4 heteroatoms. The number of pyridine rings is 1. The highest BCUT2D eigenvalue weighted by Crippen LogP contribution is 2.33. The number of nitrogens with zero attached hydrogens (tertiary/aromatic N) is 2. The largest absolute Gasteiger partial charge is 0.496 e. The van der Waals surface area contributed by atoms with Crippen molar-refractivity contribution in [3.63, 3.8) is 0 Å². The molecular formula is C18H20N2O2. The van der Waals surface area contributed by atoms with Crippen LogP contribution < -0.4 is 9.64 Å². The van der Waals surface area contributed by atoms with Gasteiger partial charge in [0, 0.05) is 24.5 Å². The van der Waals surface area contributed by atoms with Gasteiger partial charge in [-0.3, -0.25) is 9.78 Å². The van der Waals surface area contributed by atoms with Crippen molar-refractivity contribution in [2.75, 3.05) is 18.6 Å². The third kappa shape index (κ3) is 2.96. The normalized spacial score (nSPS) is 14.1. The molecule has 1 aromatic carbocycles. The van der Waals surface area contributed by atoms with Crippen LogP contribution in [0, 0.1) is 0 Å². The standard InChI is InChI=1S/C18H20N2O2/c1-22-17-9-4-8-16-15(17)7-2-3-11-20(16)18(21)12-14-6-5-10-19-13-14/h4-6,8-10,13H,2-3,7,11-12H2,1H3. The molecule has 0 unspecified atom stereocenters. The highest BCUT2D eigenvalue weighted by Gasteiger charge is 2.23. The molecule has 0 aliphatic carbocycles. The van der Waals surface area contributed by atoms with E-state index in [1.807, 2.05) is 35.2 Å². The van der Waals surface area contributed by atoms with E-state index < -0.39 is 0 Å². The molecule has 0 fully saturated rings. The summed E-state index contributed by atoms with van der Waals surface area (Å²) in [5, 5.41) is 0. The number of ether oxygens (including phenoxy) is 1. The molecule has 2 aromatic rings. The van der Waals surface area contributed by atoms with Gasteiger partial charge in [-0.25, -0.2) is 0 Å². The minimum atomic E-state index is 0.115. The summed E-state index contributed by atoms with van der Waals surface area (Å²) in [5.74, 6) is 0.989.